The van der Waals surface area contributed by atoms with Crippen molar-refractivity contribution in [1.82, 2.24) is 4.98 Å². The second kappa shape index (κ2) is 8.96. The minimum atomic E-state index is -0.523. The van der Waals surface area contributed by atoms with E-state index in [2.05, 4.69) is 20.4 Å². The normalized spacial score (nSPS) is 12.9. The Balaban J connectivity index is 2.07. The lowest BCUT2D eigenvalue weighted by molar-refractivity contribution is 0.849. The summed E-state index contributed by atoms with van der Waals surface area (Å²) in [7, 11) is 0. The summed E-state index contributed by atoms with van der Waals surface area (Å²) in [5.74, 6) is 0.485. The van der Waals surface area contributed by atoms with Gasteiger partial charge in [0, 0.05) is 16.8 Å². The Labute approximate surface area is 162 Å². The number of aryl methyl sites for hydroxylation is 1. The molecule has 2 aromatic carbocycles. The highest BCUT2D eigenvalue weighted by Crippen LogP contribution is 2.35. The lowest BCUT2D eigenvalue weighted by Gasteiger charge is -2.16. The van der Waals surface area contributed by atoms with Crippen molar-refractivity contribution in [1.29, 1.82) is 0 Å². The minimum absolute atomic E-state index is 0.485. The average molecular weight is 377 g/mol. The molecule has 3 rings (SSSR count). The molecule has 27 heavy (non-hydrogen) atoms. The molecule has 0 saturated heterocycles. The number of azo groups is 1. The summed E-state index contributed by atoms with van der Waals surface area (Å²) in [6.07, 6.45) is 2.93. The van der Waals surface area contributed by atoms with E-state index in [9.17, 15) is 4.91 Å². The molecule has 1 atom stereocenters. The zero-order valence-corrected chi connectivity index (χ0v) is 15.4. The second-order valence-electron chi connectivity index (χ2n) is 5.91. The molecule has 1 aromatic heterocycles. The van der Waals surface area contributed by atoms with Crippen LogP contribution in [0.5, 0.6) is 0 Å². The van der Waals surface area contributed by atoms with E-state index < -0.39 is 6.04 Å². The molecule has 0 bridgehead atoms. The third-order valence-electron chi connectivity index (χ3n) is 3.98. The Bertz CT molecular complexity index is 952. The van der Waals surface area contributed by atoms with Crippen molar-refractivity contribution in [2.75, 3.05) is 0 Å². The Morgan fingerprint density at radius 2 is 1.78 bits per heavy atom. The molecule has 5 nitrogen and oxygen atoms in total. The highest BCUT2D eigenvalue weighted by atomic mass is 35.5. The average Bonchev–Trinajstić information content (AvgIpc) is 2.70. The molecular formula is C21H17ClN4O. The van der Waals surface area contributed by atoms with E-state index in [0.717, 1.165) is 16.7 Å². The molecule has 0 amide bonds. The Hall–Kier alpha value is -3.18. The van der Waals surface area contributed by atoms with E-state index in [4.69, 9.17) is 11.6 Å². The SMILES string of the molecule is Cc1ccc(/C(=C\N=O)C(/N=N/c2ccccn2)c2ccc(Cl)cc2)cc1. The predicted molar refractivity (Wildman–Crippen MR) is 108 cm³/mol. The molecule has 3 aromatic rings. The Kier molecular flexibility index (Phi) is 6.18. The number of benzene rings is 2. The van der Waals surface area contributed by atoms with Crippen molar-refractivity contribution in [3.05, 3.63) is 106 Å². The smallest absolute Gasteiger partial charge is 0.173 e. The van der Waals surface area contributed by atoms with Gasteiger partial charge in [0.15, 0.2) is 5.82 Å². The fourth-order valence-corrected chi connectivity index (χ4v) is 2.72. The van der Waals surface area contributed by atoms with E-state index in [-0.39, 0.29) is 0 Å². The number of hydrogen-bond donors (Lipinski definition) is 0. The minimum Gasteiger partial charge on any atom is -0.236 e. The summed E-state index contributed by atoms with van der Waals surface area (Å²) >= 11 is 6.02. The lowest BCUT2D eigenvalue weighted by Crippen LogP contribution is -1.99. The number of hydrogen-bond acceptors (Lipinski definition) is 5. The maximum absolute atomic E-state index is 11.1. The number of rotatable bonds is 6. The van der Waals surface area contributed by atoms with Crippen LogP contribution in [0.3, 0.4) is 0 Å². The summed E-state index contributed by atoms with van der Waals surface area (Å²) in [5.41, 5.74) is 3.46. The van der Waals surface area contributed by atoms with Crippen molar-refractivity contribution >= 4 is 23.0 Å². The van der Waals surface area contributed by atoms with Gasteiger partial charge in [0.25, 0.3) is 0 Å². The van der Waals surface area contributed by atoms with Crippen molar-refractivity contribution in [3.8, 4) is 0 Å². The maximum Gasteiger partial charge on any atom is 0.173 e. The molecule has 0 spiro atoms. The van der Waals surface area contributed by atoms with E-state index in [1.165, 1.54) is 6.20 Å². The quantitative estimate of drug-likeness (QED) is 0.356. The maximum atomic E-state index is 11.1. The molecule has 0 aliphatic heterocycles. The molecule has 0 radical (unpaired) electrons. The van der Waals surface area contributed by atoms with Gasteiger partial charge in [-0.25, -0.2) is 4.98 Å². The van der Waals surface area contributed by atoms with Crippen molar-refractivity contribution in [2.45, 2.75) is 13.0 Å². The summed E-state index contributed by atoms with van der Waals surface area (Å²) in [6.45, 7) is 2.00. The zero-order chi connectivity index (χ0) is 19.1. The summed E-state index contributed by atoms with van der Waals surface area (Å²) in [6, 6.07) is 20.0. The number of halogens is 1. The number of nitrogens with zero attached hydrogens (tertiary/aromatic N) is 4. The molecule has 1 heterocycles. The highest BCUT2D eigenvalue weighted by molar-refractivity contribution is 6.30. The molecule has 1 unspecified atom stereocenters. The van der Waals surface area contributed by atoms with Gasteiger partial charge >= 0.3 is 0 Å². The van der Waals surface area contributed by atoms with Crippen LogP contribution in [-0.2, 0) is 0 Å². The molecule has 0 fully saturated rings. The fourth-order valence-electron chi connectivity index (χ4n) is 2.59. The first kappa shape index (κ1) is 18.6. The van der Waals surface area contributed by atoms with Crippen LogP contribution in [0.2, 0.25) is 5.02 Å². The van der Waals surface area contributed by atoms with Crippen LogP contribution < -0.4 is 0 Å². The third-order valence-corrected chi connectivity index (χ3v) is 4.23. The van der Waals surface area contributed by atoms with Gasteiger partial charge in [0.2, 0.25) is 0 Å². The topological polar surface area (TPSA) is 67.0 Å². The molecule has 0 saturated carbocycles. The molecule has 0 aliphatic rings. The van der Waals surface area contributed by atoms with Crippen LogP contribution in [0.4, 0.5) is 5.82 Å². The standard InChI is InChI=1S/C21H17ClN4O/c1-15-5-7-16(8-6-15)19(14-24-27)21(17-9-11-18(22)12-10-17)26-25-20-4-2-3-13-23-20/h2-14,21H,1H3/b19-14+,26-25+. The third kappa shape index (κ3) is 4.92. The molecule has 0 N–H and O–H groups in total. The monoisotopic (exact) mass is 376 g/mol. The van der Waals surface area contributed by atoms with E-state index in [1.54, 1.807) is 24.4 Å². The van der Waals surface area contributed by atoms with Crippen LogP contribution in [0.25, 0.3) is 5.57 Å². The molecule has 134 valence electrons. The van der Waals surface area contributed by atoms with Crippen molar-refractivity contribution < 1.29 is 0 Å². The molecular weight excluding hydrogens is 360 g/mol. The van der Waals surface area contributed by atoms with Crippen molar-refractivity contribution in [3.63, 3.8) is 0 Å². The van der Waals surface area contributed by atoms with Crippen LogP contribution in [0.15, 0.2) is 94.5 Å². The van der Waals surface area contributed by atoms with Crippen LogP contribution in [0.1, 0.15) is 22.7 Å². The lowest BCUT2D eigenvalue weighted by atomic mass is 9.93. The van der Waals surface area contributed by atoms with Crippen LogP contribution in [0, 0.1) is 11.8 Å². The van der Waals surface area contributed by atoms with Gasteiger partial charge in [-0.3, -0.25) is 0 Å². The predicted octanol–water partition coefficient (Wildman–Crippen LogP) is 6.68. The van der Waals surface area contributed by atoms with Crippen molar-refractivity contribution in [2.24, 2.45) is 15.4 Å². The largest absolute Gasteiger partial charge is 0.236 e. The van der Waals surface area contributed by atoms with Gasteiger partial charge in [-0.15, -0.1) is 10.0 Å². The van der Waals surface area contributed by atoms with Gasteiger partial charge in [0.05, 0.1) is 6.20 Å². The van der Waals surface area contributed by atoms with Crippen LogP contribution in [-0.4, -0.2) is 4.98 Å². The first-order valence-electron chi connectivity index (χ1n) is 8.34. The summed E-state index contributed by atoms with van der Waals surface area (Å²) in [5, 5.41) is 12.3. The number of pyridine rings is 1. The van der Waals surface area contributed by atoms with Gasteiger partial charge in [-0.2, -0.15) is 5.11 Å². The van der Waals surface area contributed by atoms with E-state index in [0.29, 0.717) is 16.4 Å². The zero-order valence-electron chi connectivity index (χ0n) is 14.7. The fraction of sp³-hybridized carbons (Fsp3) is 0.0952. The summed E-state index contributed by atoms with van der Waals surface area (Å²) in [4.78, 5) is 15.2. The molecule has 6 heteroatoms. The highest BCUT2D eigenvalue weighted by Gasteiger charge is 2.19. The number of aromatic nitrogens is 1. The van der Waals surface area contributed by atoms with E-state index in [1.807, 2.05) is 55.5 Å². The van der Waals surface area contributed by atoms with Gasteiger partial charge in [-0.05, 0) is 47.5 Å². The van der Waals surface area contributed by atoms with E-state index >= 15 is 0 Å². The van der Waals surface area contributed by atoms with Gasteiger partial charge < -0.3 is 0 Å². The second-order valence-corrected chi connectivity index (χ2v) is 6.35. The van der Waals surface area contributed by atoms with Gasteiger partial charge in [0.1, 0.15) is 6.04 Å². The van der Waals surface area contributed by atoms with Gasteiger partial charge in [-0.1, -0.05) is 59.6 Å². The number of nitroso groups, excluding NO2 is 1. The first-order valence-corrected chi connectivity index (χ1v) is 8.72. The Morgan fingerprint density at radius 3 is 2.41 bits per heavy atom. The molecule has 0 aliphatic carbocycles. The Morgan fingerprint density at radius 1 is 1.04 bits per heavy atom. The van der Waals surface area contributed by atoms with Crippen LogP contribution >= 0.6 is 11.6 Å². The summed E-state index contributed by atoms with van der Waals surface area (Å²) < 4.78 is 0. The first-order chi connectivity index (χ1) is 13.2.